The van der Waals surface area contributed by atoms with Crippen LogP contribution >= 0.6 is 35.2 Å². The van der Waals surface area contributed by atoms with E-state index in [4.69, 9.17) is 33.5 Å². The number of fused-ring (bicyclic) bond motifs is 1. The summed E-state index contributed by atoms with van der Waals surface area (Å²) in [5.74, 6) is 0.615. The first-order valence-electron chi connectivity index (χ1n) is 11.0. The monoisotopic (exact) mass is 517 g/mol. The molecule has 174 valence electrons. The van der Waals surface area contributed by atoms with E-state index in [0.717, 1.165) is 32.4 Å². The summed E-state index contributed by atoms with van der Waals surface area (Å²) < 4.78 is 8.64. The molecule has 1 aliphatic heterocycles. The molecule has 0 aliphatic carbocycles. The van der Waals surface area contributed by atoms with Gasteiger partial charge in [-0.25, -0.2) is 4.98 Å². The number of nitrogens with one attached hydrogen (secondary N) is 1. The van der Waals surface area contributed by atoms with E-state index in [1.807, 2.05) is 66.9 Å². The zero-order valence-corrected chi connectivity index (χ0v) is 21.0. The second-order valence-electron chi connectivity index (χ2n) is 8.08. The van der Waals surface area contributed by atoms with Crippen molar-refractivity contribution in [3.8, 4) is 10.9 Å². The Balaban J connectivity index is 1.51. The van der Waals surface area contributed by atoms with Crippen LogP contribution < -0.4 is 15.0 Å². The lowest BCUT2D eigenvalue weighted by Crippen LogP contribution is -2.30. The maximum absolute atomic E-state index is 6.51. The second kappa shape index (κ2) is 8.96. The van der Waals surface area contributed by atoms with E-state index in [2.05, 4.69) is 31.9 Å². The summed E-state index contributed by atoms with van der Waals surface area (Å²) in [6, 6.07) is 23.6. The molecule has 1 N–H and O–H groups in total. The third kappa shape index (κ3) is 3.83. The molecule has 5 aromatic rings. The SMILES string of the molecule is COc1ccc(N2C(=S)N[C@@H](c3ccccn3)[C@H]2c2cccn2-c2nc3ccccc3s2)cc1Cl. The van der Waals surface area contributed by atoms with E-state index in [-0.39, 0.29) is 12.1 Å². The van der Waals surface area contributed by atoms with Gasteiger partial charge in [0.05, 0.1) is 39.8 Å². The zero-order valence-electron chi connectivity index (χ0n) is 18.6. The summed E-state index contributed by atoms with van der Waals surface area (Å²) in [5.41, 5.74) is 3.79. The molecule has 0 unspecified atom stereocenters. The van der Waals surface area contributed by atoms with Crippen molar-refractivity contribution in [1.82, 2.24) is 19.9 Å². The van der Waals surface area contributed by atoms with Crippen LogP contribution in [-0.2, 0) is 0 Å². The summed E-state index contributed by atoms with van der Waals surface area (Å²) in [6.07, 6.45) is 3.85. The summed E-state index contributed by atoms with van der Waals surface area (Å²) in [5, 5.41) is 5.52. The fourth-order valence-corrected chi connectivity index (χ4v) is 6.08. The number of ether oxygens (including phenoxy) is 1. The van der Waals surface area contributed by atoms with Crippen LogP contribution in [0.3, 0.4) is 0 Å². The second-order valence-corrected chi connectivity index (χ2v) is 9.89. The summed E-state index contributed by atoms with van der Waals surface area (Å²) in [4.78, 5) is 11.6. The Morgan fingerprint density at radius 2 is 1.91 bits per heavy atom. The summed E-state index contributed by atoms with van der Waals surface area (Å²) >= 11 is 14.0. The fourth-order valence-electron chi connectivity index (χ4n) is 4.51. The number of thiazole rings is 1. The van der Waals surface area contributed by atoms with E-state index < -0.39 is 0 Å². The van der Waals surface area contributed by atoms with Gasteiger partial charge in [0, 0.05) is 18.1 Å². The molecule has 1 aliphatic rings. The minimum absolute atomic E-state index is 0.174. The first-order chi connectivity index (χ1) is 17.1. The number of hydrogen-bond donors (Lipinski definition) is 1. The van der Waals surface area contributed by atoms with Crippen LogP contribution in [-0.4, -0.2) is 26.8 Å². The fraction of sp³-hybridized carbons (Fsp3) is 0.115. The number of benzene rings is 2. The average molecular weight is 518 g/mol. The van der Waals surface area contributed by atoms with Crippen LogP contribution in [0.1, 0.15) is 23.5 Å². The van der Waals surface area contributed by atoms with Crippen molar-refractivity contribution in [3.63, 3.8) is 0 Å². The molecule has 0 radical (unpaired) electrons. The quantitative estimate of drug-likeness (QED) is 0.275. The van der Waals surface area contributed by atoms with Crippen molar-refractivity contribution >= 4 is 56.2 Å². The number of para-hydroxylation sites is 1. The number of nitrogens with zero attached hydrogens (tertiary/aromatic N) is 4. The molecule has 0 amide bonds. The lowest BCUT2D eigenvalue weighted by molar-refractivity contribution is 0.415. The van der Waals surface area contributed by atoms with E-state index in [1.165, 1.54) is 0 Å². The van der Waals surface area contributed by atoms with Crippen molar-refractivity contribution in [1.29, 1.82) is 0 Å². The van der Waals surface area contributed by atoms with E-state index in [0.29, 0.717) is 15.9 Å². The van der Waals surface area contributed by atoms with Crippen LogP contribution in [0.15, 0.2) is 85.2 Å². The van der Waals surface area contributed by atoms with Gasteiger partial charge < -0.3 is 15.0 Å². The standard InChI is InChI=1S/C26H20ClN5OS2/c1-33-21-12-11-16(15-17(21)27)32-24(23(30-25(32)34)19-8-4-5-13-28-19)20-9-6-14-31(20)26-29-18-7-2-3-10-22(18)35-26/h2-15,23-24H,1H3,(H,30,34)/t23-,24+/m0/s1. The summed E-state index contributed by atoms with van der Waals surface area (Å²) in [6.45, 7) is 0. The molecule has 6 rings (SSSR count). The minimum Gasteiger partial charge on any atom is -0.495 e. The average Bonchev–Trinajstić information content (AvgIpc) is 3.60. The molecular weight excluding hydrogens is 498 g/mol. The minimum atomic E-state index is -0.191. The Morgan fingerprint density at radius 3 is 2.69 bits per heavy atom. The van der Waals surface area contributed by atoms with Gasteiger partial charge in [0.15, 0.2) is 10.2 Å². The van der Waals surface area contributed by atoms with E-state index in [1.54, 1.807) is 24.6 Å². The van der Waals surface area contributed by atoms with Crippen molar-refractivity contribution in [3.05, 3.63) is 102 Å². The number of thiocarbonyl (C=S) groups is 1. The number of methoxy groups -OCH3 is 1. The zero-order chi connectivity index (χ0) is 23.9. The highest BCUT2D eigenvalue weighted by Crippen LogP contribution is 2.44. The molecule has 0 bridgehead atoms. The first-order valence-corrected chi connectivity index (χ1v) is 12.6. The molecule has 2 aromatic carbocycles. The maximum Gasteiger partial charge on any atom is 0.194 e. The van der Waals surface area contributed by atoms with E-state index >= 15 is 0 Å². The lowest BCUT2D eigenvalue weighted by Gasteiger charge is -2.28. The number of halogens is 1. The predicted octanol–water partition coefficient (Wildman–Crippen LogP) is 6.32. The summed E-state index contributed by atoms with van der Waals surface area (Å²) in [7, 11) is 1.60. The van der Waals surface area contributed by atoms with Crippen LogP contribution in [0, 0.1) is 0 Å². The Bertz CT molecular complexity index is 1500. The lowest BCUT2D eigenvalue weighted by atomic mass is 10.0. The van der Waals surface area contributed by atoms with Gasteiger partial charge >= 0.3 is 0 Å². The Labute approximate surface area is 216 Å². The van der Waals surface area contributed by atoms with Crippen molar-refractivity contribution < 1.29 is 4.74 Å². The third-order valence-electron chi connectivity index (χ3n) is 6.08. The molecule has 1 saturated heterocycles. The van der Waals surface area contributed by atoms with Gasteiger partial charge in [0.2, 0.25) is 0 Å². The highest BCUT2D eigenvalue weighted by atomic mass is 35.5. The smallest absolute Gasteiger partial charge is 0.194 e. The molecule has 1 fully saturated rings. The Morgan fingerprint density at radius 1 is 1.06 bits per heavy atom. The van der Waals surface area contributed by atoms with Crippen LogP contribution in [0.4, 0.5) is 5.69 Å². The van der Waals surface area contributed by atoms with Gasteiger partial charge in [-0.05, 0) is 66.8 Å². The van der Waals surface area contributed by atoms with Gasteiger partial charge in [-0.15, -0.1) is 0 Å². The molecule has 0 saturated carbocycles. The maximum atomic E-state index is 6.51. The predicted molar refractivity (Wildman–Crippen MR) is 145 cm³/mol. The number of hydrogen-bond acceptors (Lipinski definition) is 5. The third-order valence-corrected chi connectivity index (χ3v) is 7.73. The first kappa shape index (κ1) is 22.0. The van der Waals surface area contributed by atoms with Crippen molar-refractivity contribution in [2.75, 3.05) is 12.0 Å². The Kier molecular flexibility index (Phi) is 5.64. The van der Waals surface area contributed by atoms with Gasteiger partial charge in [-0.3, -0.25) is 9.55 Å². The van der Waals surface area contributed by atoms with Crippen LogP contribution in [0.5, 0.6) is 5.75 Å². The van der Waals surface area contributed by atoms with Crippen molar-refractivity contribution in [2.24, 2.45) is 0 Å². The Hall–Kier alpha value is -3.46. The van der Waals surface area contributed by atoms with Gasteiger partial charge in [0.1, 0.15) is 11.8 Å². The molecule has 2 atom stereocenters. The number of aromatic nitrogens is 3. The molecular formula is C26H20ClN5OS2. The van der Waals surface area contributed by atoms with Gasteiger partial charge in [-0.2, -0.15) is 0 Å². The number of pyridine rings is 1. The largest absolute Gasteiger partial charge is 0.495 e. The molecule has 35 heavy (non-hydrogen) atoms. The van der Waals surface area contributed by atoms with Gasteiger partial charge in [-0.1, -0.05) is 41.1 Å². The van der Waals surface area contributed by atoms with Crippen LogP contribution in [0.25, 0.3) is 15.3 Å². The molecule has 3 aromatic heterocycles. The molecule has 9 heteroatoms. The molecule has 6 nitrogen and oxygen atoms in total. The van der Waals surface area contributed by atoms with Crippen molar-refractivity contribution in [2.45, 2.75) is 12.1 Å². The number of anilines is 1. The molecule has 4 heterocycles. The highest BCUT2D eigenvalue weighted by Gasteiger charge is 2.42. The van der Waals surface area contributed by atoms with Crippen LogP contribution in [0.2, 0.25) is 5.02 Å². The highest BCUT2D eigenvalue weighted by molar-refractivity contribution is 7.80. The number of rotatable bonds is 5. The van der Waals surface area contributed by atoms with Gasteiger partial charge in [0.25, 0.3) is 0 Å². The normalized spacial score (nSPS) is 17.7. The van der Waals surface area contributed by atoms with E-state index in [9.17, 15) is 0 Å². The topological polar surface area (TPSA) is 55.2 Å². The molecule has 0 spiro atoms.